The molecule has 0 saturated carbocycles. The van der Waals surface area contributed by atoms with Gasteiger partial charge in [0.05, 0.1) is 18.2 Å². The minimum absolute atomic E-state index is 0. The summed E-state index contributed by atoms with van der Waals surface area (Å²) >= 11 is 0. The molecule has 212 valence electrons. The lowest BCUT2D eigenvalue weighted by molar-refractivity contribution is -0.137. The standard InChI is InChI=1S/C23H26F6N6O.2CH4/c24-16-8-14(23(27,28)29)3-4-15(16)18-2-1-6-35(18)22-20(26)21(32-12-33-22)31-9-13-5-7-34(10-17(13)25)11-19(30)36;;/h3-4,8,12-13,17-18H,1-2,5-7,9-11H2,(H2,30,36)(H,31,32,33);2*1H4/t13-,17+,18+;;/m0../s1. The van der Waals surface area contributed by atoms with Gasteiger partial charge in [0.25, 0.3) is 0 Å². The Hall–Kier alpha value is -3.09. The van der Waals surface area contributed by atoms with Crippen LogP contribution in [0.3, 0.4) is 0 Å². The number of alkyl halides is 4. The molecule has 4 rings (SSSR count). The van der Waals surface area contributed by atoms with Crippen LogP contribution < -0.4 is 16.0 Å². The third-order valence-electron chi connectivity index (χ3n) is 6.65. The summed E-state index contributed by atoms with van der Waals surface area (Å²) in [6.45, 7) is 0.905. The van der Waals surface area contributed by atoms with Crippen molar-refractivity contribution in [3.05, 3.63) is 47.3 Å². The normalized spacial score (nSPS) is 21.9. The van der Waals surface area contributed by atoms with Crippen LogP contribution in [-0.4, -0.2) is 59.7 Å². The fourth-order valence-electron chi connectivity index (χ4n) is 4.84. The number of aromatic nitrogens is 2. The van der Waals surface area contributed by atoms with Gasteiger partial charge in [0.2, 0.25) is 11.7 Å². The van der Waals surface area contributed by atoms with Crippen molar-refractivity contribution in [2.45, 2.75) is 52.5 Å². The van der Waals surface area contributed by atoms with Crippen LogP contribution in [0, 0.1) is 17.6 Å². The molecule has 2 aliphatic heterocycles. The molecule has 2 saturated heterocycles. The maximum atomic E-state index is 15.4. The number of rotatable bonds is 7. The van der Waals surface area contributed by atoms with E-state index in [1.165, 1.54) is 4.90 Å². The van der Waals surface area contributed by atoms with Gasteiger partial charge in [-0.25, -0.2) is 18.7 Å². The molecule has 1 amide bonds. The largest absolute Gasteiger partial charge is 0.416 e. The molecular formula is C25H34F6N6O. The molecule has 3 N–H and O–H groups in total. The van der Waals surface area contributed by atoms with Crippen molar-refractivity contribution in [2.24, 2.45) is 11.7 Å². The first-order chi connectivity index (χ1) is 17.0. The van der Waals surface area contributed by atoms with Gasteiger partial charge in [-0.05, 0) is 37.9 Å². The maximum Gasteiger partial charge on any atom is 0.416 e. The van der Waals surface area contributed by atoms with Gasteiger partial charge in [0.15, 0.2) is 11.6 Å². The number of likely N-dealkylation sites (tertiary alicyclic amines) is 1. The summed E-state index contributed by atoms with van der Waals surface area (Å²) in [7, 11) is 0. The molecule has 1 aromatic heterocycles. The number of nitrogens with one attached hydrogen (secondary N) is 1. The summed E-state index contributed by atoms with van der Waals surface area (Å²) in [5.41, 5.74) is 4.08. The smallest absolute Gasteiger partial charge is 0.369 e. The van der Waals surface area contributed by atoms with Crippen molar-refractivity contribution in [2.75, 3.05) is 42.9 Å². The first-order valence-electron chi connectivity index (χ1n) is 11.6. The number of halogens is 6. The number of piperidine rings is 1. The summed E-state index contributed by atoms with van der Waals surface area (Å²) in [6, 6.07) is 1.62. The van der Waals surface area contributed by atoms with Crippen molar-refractivity contribution in [3.63, 3.8) is 0 Å². The highest BCUT2D eigenvalue weighted by Crippen LogP contribution is 2.40. The van der Waals surface area contributed by atoms with E-state index in [0.29, 0.717) is 38.4 Å². The van der Waals surface area contributed by atoms with E-state index in [-0.39, 0.29) is 51.7 Å². The third kappa shape index (κ3) is 6.86. The Labute approximate surface area is 218 Å². The lowest BCUT2D eigenvalue weighted by Crippen LogP contribution is -2.46. The highest BCUT2D eigenvalue weighted by atomic mass is 19.4. The summed E-state index contributed by atoms with van der Waals surface area (Å²) in [5.74, 6) is -3.06. The molecule has 1 aromatic carbocycles. The maximum absolute atomic E-state index is 15.4. The minimum Gasteiger partial charge on any atom is -0.369 e. The number of hydrogen-bond acceptors (Lipinski definition) is 6. The van der Waals surface area contributed by atoms with E-state index in [4.69, 9.17) is 5.73 Å². The van der Waals surface area contributed by atoms with Crippen LogP contribution in [0.1, 0.15) is 51.3 Å². The molecule has 0 unspecified atom stereocenters. The summed E-state index contributed by atoms with van der Waals surface area (Å²) in [4.78, 5) is 22.1. The second-order valence-electron chi connectivity index (χ2n) is 9.09. The van der Waals surface area contributed by atoms with Crippen molar-refractivity contribution in [1.82, 2.24) is 14.9 Å². The number of nitrogens with two attached hydrogens (primary N) is 1. The van der Waals surface area contributed by atoms with Crippen molar-refractivity contribution in [1.29, 1.82) is 0 Å². The molecule has 0 aliphatic carbocycles. The van der Waals surface area contributed by atoms with E-state index in [1.54, 1.807) is 4.90 Å². The lowest BCUT2D eigenvalue weighted by Gasteiger charge is -2.34. The van der Waals surface area contributed by atoms with Crippen molar-refractivity contribution >= 4 is 17.5 Å². The van der Waals surface area contributed by atoms with Crippen molar-refractivity contribution in [3.8, 4) is 0 Å². The van der Waals surface area contributed by atoms with E-state index < -0.39 is 47.4 Å². The van der Waals surface area contributed by atoms with Gasteiger partial charge in [0, 0.05) is 31.1 Å². The van der Waals surface area contributed by atoms with Crippen LogP contribution in [0.5, 0.6) is 0 Å². The molecule has 13 heteroatoms. The molecule has 7 nitrogen and oxygen atoms in total. The second kappa shape index (κ2) is 12.6. The summed E-state index contributed by atoms with van der Waals surface area (Å²) < 4.78 is 83.3. The quantitative estimate of drug-likeness (QED) is 0.477. The lowest BCUT2D eigenvalue weighted by atomic mass is 9.95. The zero-order chi connectivity index (χ0) is 26.0. The van der Waals surface area contributed by atoms with Gasteiger partial charge >= 0.3 is 6.18 Å². The number of nitrogens with zero attached hydrogens (tertiary/aromatic N) is 4. The monoisotopic (exact) mass is 548 g/mol. The van der Waals surface area contributed by atoms with E-state index >= 15 is 4.39 Å². The minimum atomic E-state index is -4.68. The number of hydrogen-bond donors (Lipinski definition) is 2. The predicted octanol–water partition coefficient (Wildman–Crippen LogP) is 4.94. The highest BCUT2D eigenvalue weighted by molar-refractivity contribution is 5.75. The average Bonchev–Trinajstić information content (AvgIpc) is 3.27. The second-order valence-corrected chi connectivity index (χ2v) is 9.09. The van der Waals surface area contributed by atoms with E-state index in [9.17, 15) is 26.7 Å². The Morgan fingerprint density at radius 3 is 2.50 bits per heavy atom. The molecule has 2 aliphatic rings. The Morgan fingerprint density at radius 1 is 1.13 bits per heavy atom. The fraction of sp³-hybridized carbons (Fsp3) is 0.560. The van der Waals surface area contributed by atoms with Gasteiger partial charge in [-0.1, -0.05) is 20.9 Å². The van der Waals surface area contributed by atoms with Crippen LogP contribution in [0.4, 0.5) is 38.0 Å². The summed E-state index contributed by atoms with van der Waals surface area (Å²) in [5, 5.41) is 2.82. The Bertz CT molecular complexity index is 1100. The zero-order valence-corrected chi connectivity index (χ0v) is 19.2. The number of carbonyl (C=O) groups is 1. The van der Waals surface area contributed by atoms with Crippen LogP contribution in [0.2, 0.25) is 0 Å². The van der Waals surface area contributed by atoms with Crippen molar-refractivity contribution < 1.29 is 31.1 Å². The van der Waals surface area contributed by atoms with Gasteiger partial charge in [-0.2, -0.15) is 17.6 Å². The fourth-order valence-corrected chi connectivity index (χ4v) is 4.84. The molecule has 2 fully saturated rings. The zero-order valence-electron chi connectivity index (χ0n) is 19.2. The van der Waals surface area contributed by atoms with Gasteiger partial charge in [-0.3, -0.25) is 9.69 Å². The highest BCUT2D eigenvalue weighted by Gasteiger charge is 2.35. The molecular weight excluding hydrogens is 514 g/mol. The molecule has 0 bridgehead atoms. The predicted molar refractivity (Wildman–Crippen MR) is 133 cm³/mol. The number of benzene rings is 1. The van der Waals surface area contributed by atoms with Gasteiger partial charge in [-0.15, -0.1) is 0 Å². The molecule has 0 spiro atoms. The molecule has 3 atom stereocenters. The topological polar surface area (TPSA) is 87.4 Å². The average molecular weight is 549 g/mol. The van der Waals surface area contributed by atoms with Crippen LogP contribution in [0.25, 0.3) is 0 Å². The SMILES string of the molecule is C.C.NC(=O)CN1CC[C@@H](CNc2ncnc(N3CCC[C@@H]3c3ccc(C(F)(F)F)cc3F)c2F)[C@H](F)C1. The Morgan fingerprint density at radius 2 is 1.87 bits per heavy atom. The number of primary amides is 1. The first-order valence-corrected chi connectivity index (χ1v) is 11.6. The Kier molecular flexibility index (Phi) is 10.4. The van der Waals surface area contributed by atoms with Crippen LogP contribution >= 0.6 is 0 Å². The van der Waals surface area contributed by atoms with E-state index in [2.05, 4.69) is 15.3 Å². The van der Waals surface area contributed by atoms with E-state index in [1.807, 2.05) is 0 Å². The molecule has 2 aromatic rings. The summed E-state index contributed by atoms with van der Waals surface area (Å²) in [6.07, 6.45) is -3.40. The number of amides is 1. The first kappa shape index (κ1) is 31.1. The molecule has 0 radical (unpaired) electrons. The molecule has 3 heterocycles. The van der Waals surface area contributed by atoms with Gasteiger partial charge < -0.3 is 16.0 Å². The number of carbonyl (C=O) groups excluding carboxylic acids is 1. The van der Waals surface area contributed by atoms with Crippen LogP contribution in [0.15, 0.2) is 24.5 Å². The van der Waals surface area contributed by atoms with E-state index in [0.717, 1.165) is 18.5 Å². The number of anilines is 2. The Balaban J connectivity index is 0.00000253. The molecule has 38 heavy (non-hydrogen) atoms. The van der Waals surface area contributed by atoms with Crippen LogP contribution in [-0.2, 0) is 11.0 Å². The third-order valence-corrected chi connectivity index (χ3v) is 6.65. The van der Waals surface area contributed by atoms with Gasteiger partial charge in [0.1, 0.15) is 18.3 Å².